The third-order valence-corrected chi connectivity index (χ3v) is 5.21. The normalized spacial score (nSPS) is 15.4. The predicted octanol–water partition coefficient (Wildman–Crippen LogP) is 4.38. The van der Waals surface area contributed by atoms with Crippen molar-refractivity contribution in [3.8, 4) is 11.4 Å². The molecule has 0 saturated carbocycles. The smallest absolute Gasteiger partial charge is 0.241 e. The number of nitrogens with zero attached hydrogens (tertiary/aromatic N) is 3. The molecule has 2 aromatic carbocycles. The number of aromatic nitrogens is 2. The van der Waals surface area contributed by atoms with Crippen LogP contribution in [0.15, 0.2) is 53.1 Å². The van der Waals surface area contributed by atoms with E-state index in [-0.39, 0.29) is 17.6 Å². The fraction of sp³-hybridized carbons (Fsp3) is 0.286. The van der Waals surface area contributed by atoms with E-state index in [4.69, 9.17) is 16.1 Å². The first-order valence-corrected chi connectivity index (χ1v) is 9.82. The molecule has 6 nitrogen and oxygen atoms in total. The molecule has 0 atom stereocenters. The van der Waals surface area contributed by atoms with Gasteiger partial charge in [-0.25, -0.2) is 4.39 Å². The van der Waals surface area contributed by atoms with Gasteiger partial charge in [0.25, 0.3) is 0 Å². The van der Waals surface area contributed by atoms with Crippen molar-refractivity contribution in [2.45, 2.75) is 19.4 Å². The Morgan fingerprint density at radius 1 is 1.21 bits per heavy atom. The van der Waals surface area contributed by atoms with Gasteiger partial charge in [-0.3, -0.25) is 9.69 Å². The van der Waals surface area contributed by atoms with Crippen molar-refractivity contribution in [1.29, 1.82) is 0 Å². The van der Waals surface area contributed by atoms with Gasteiger partial charge >= 0.3 is 0 Å². The maximum absolute atomic E-state index is 13.0. The summed E-state index contributed by atoms with van der Waals surface area (Å²) in [5, 5.41) is 7.50. The lowest BCUT2D eigenvalue weighted by atomic mass is 9.96. The Kier molecular flexibility index (Phi) is 5.87. The zero-order chi connectivity index (χ0) is 20.2. The quantitative estimate of drug-likeness (QED) is 0.670. The molecule has 4 rings (SSSR count). The molecule has 3 aromatic rings. The SMILES string of the molecule is O=C(Nc1cccc(Cl)c1)C1CCN(Cc2nc(-c3ccc(F)cc3)no2)CC1. The average molecular weight is 415 g/mol. The van der Waals surface area contributed by atoms with E-state index in [0.29, 0.717) is 34.5 Å². The number of likely N-dealkylation sites (tertiary alicyclic amines) is 1. The first kappa shape index (κ1) is 19.5. The average Bonchev–Trinajstić information content (AvgIpc) is 3.17. The zero-order valence-electron chi connectivity index (χ0n) is 15.6. The lowest BCUT2D eigenvalue weighted by Gasteiger charge is -2.30. The number of anilines is 1. The maximum Gasteiger partial charge on any atom is 0.241 e. The minimum Gasteiger partial charge on any atom is -0.338 e. The molecule has 0 spiro atoms. The number of hydrogen-bond acceptors (Lipinski definition) is 5. The summed E-state index contributed by atoms with van der Waals surface area (Å²) in [6, 6.07) is 13.1. The number of carbonyl (C=O) groups is 1. The summed E-state index contributed by atoms with van der Waals surface area (Å²) in [5.74, 6) is 0.618. The predicted molar refractivity (Wildman–Crippen MR) is 108 cm³/mol. The van der Waals surface area contributed by atoms with Crippen molar-refractivity contribution >= 4 is 23.2 Å². The second kappa shape index (κ2) is 8.71. The summed E-state index contributed by atoms with van der Waals surface area (Å²) >= 11 is 5.96. The molecule has 1 saturated heterocycles. The van der Waals surface area contributed by atoms with Crippen LogP contribution in [0.5, 0.6) is 0 Å². The Morgan fingerprint density at radius 3 is 2.69 bits per heavy atom. The van der Waals surface area contributed by atoms with E-state index in [9.17, 15) is 9.18 Å². The van der Waals surface area contributed by atoms with Gasteiger partial charge < -0.3 is 9.84 Å². The molecule has 8 heteroatoms. The third kappa shape index (κ3) is 4.99. The van der Waals surface area contributed by atoms with Crippen molar-refractivity contribution in [2.24, 2.45) is 5.92 Å². The summed E-state index contributed by atoms with van der Waals surface area (Å²) in [5.41, 5.74) is 1.42. The summed E-state index contributed by atoms with van der Waals surface area (Å²) in [6.07, 6.45) is 1.51. The van der Waals surface area contributed by atoms with E-state index >= 15 is 0 Å². The Morgan fingerprint density at radius 2 is 1.97 bits per heavy atom. The van der Waals surface area contributed by atoms with E-state index in [0.717, 1.165) is 25.9 Å². The van der Waals surface area contributed by atoms with Crippen LogP contribution >= 0.6 is 11.6 Å². The molecular weight excluding hydrogens is 395 g/mol. The molecule has 1 N–H and O–H groups in total. The Labute approximate surface area is 172 Å². The third-order valence-electron chi connectivity index (χ3n) is 4.98. The minimum absolute atomic E-state index is 0.0169. The Balaban J connectivity index is 1.29. The fourth-order valence-electron chi connectivity index (χ4n) is 3.39. The van der Waals surface area contributed by atoms with Crippen molar-refractivity contribution in [3.05, 3.63) is 65.3 Å². The maximum atomic E-state index is 13.0. The number of amides is 1. The van der Waals surface area contributed by atoms with E-state index < -0.39 is 0 Å². The molecule has 29 heavy (non-hydrogen) atoms. The van der Waals surface area contributed by atoms with Crippen LogP contribution < -0.4 is 5.32 Å². The van der Waals surface area contributed by atoms with Crippen LogP contribution in [0.1, 0.15) is 18.7 Å². The highest BCUT2D eigenvalue weighted by atomic mass is 35.5. The highest BCUT2D eigenvalue weighted by molar-refractivity contribution is 6.30. The monoisotopic (exact) mass is 414 g/mol. The van der Waals surface area contributed by atoms with Gasteiger partial charge in [-0.1, -0.05) is 22.8 Å². The minimum atomic E-state index is -0.306. The molecule has 0 bridgehead atoms. The molecule has 0 aliphatic carbocycles. The van der Waals surface area contributed by atoms with Gasteiger partial charge in [0, 0.05) is 22.2 Å². The van der Waals surface area contributed by atoms with Crippen molar-refractivity contribution in [2.75, 3.05) is 18.4 Å². The first-order valence-electron chi connectivity index (χ1n) is 9.44. The van der Waals surface area contributed by atoms with E-state index in [1.165, 1.54) is 12.1 Å². The van der Waals surface area contributed by atoms with E-state index in [1.807, 2.05) is 12.1 Å². The Hall–Kier alpha value is -2.77. The second-order valence-corrected chi connectivity index (χ2v) is 7.51. The number of benzene rings is 2. The van der Waals surface area contributed by atoms with Crippen molar-refractivity contribution in [3.63, 3.8) is 0 Å². The van der Waals surface area contributed by atoms with Gasteiger partial charge in [0.15, 0.2) is 0 Å². The van der Waals surface area contributed by atoms with Gasteiger partial charge in [0.05, 0.1) is 6.54 Å². The highest BCUT2D eigenvalue weighted by Gasteiger charge is 2.26. The molecule has 1 aromatic heterocycles. The second-order valence-electron chi connectivity index (χ2n) is 7.07. The van der Waals surface area contributed by atoms with Gasteiger partial charge in [-0.15, -0.1) is 0 Å². The van der Waals surface area contributed by atoms with Gasteiger partial charge in [0.1, 0.15) is 5.82 Å². The summed E-state index contributed by atoms with van der Waals surface area (Å²) in [6.45, 7) is 2.06. The van der Waals surface area contributed by atoms with Crippen molar-refractivity contribution < 1.29 is 13.7 Å². The van der Waals surface area contributed by atoms with Crippen LogP contribution in [0.4, 0.5) is 10.1 Å². The molecule has 1 aliphatic heterocycles. The molecule has 2 heterocycles. The highest BCUT2D eigenvalue weighted by Crippen LogP contribution is 2.23. The molecule has 0 unspecified atom stereocenters. The molecule has 150 valence electrons. The largest absolute Gasteiger partial charge is 0.338 e. The summed E-state index contributed by atoms with van der Waals surface area (Å²) in [7, 11) is 0. The molecule has 1 aliphatic rings. The van der Waals surface area contributed by atoms with Gasteiger partial charge in [-0.05, 0) is 68.4 Å². The number of carbonyl (C=O) groups excluding carboxylic acids is 1. The fourth-order valence-corrected chi connectivity index (χ4v) is 3.58. The first-order chi connectivity index (χ1) is 14.1. The molecule has 1 amide bonds. The molecule has 0 radical (unpaired) electrons. The van der Waals surface area contributed by atoms with E-state index in [2.05, 4.69) is 20.4 Å². The van der Waals surface area contributed by atoms with Gasteiger partial charge in [0.2, 0.25) is 17.6 Å². The summed E-state index contributed by atoms with van der Waals surface area (Å²) < 4.78 is 18.4. The van der Waals surface area contributed by atoms with E-state index in [1.54, 1.807) is 24.3 Å². The zero-order valence-corrected chi connectivity index (χ0v) is 16.4. The van der Waals surface area contributed by atoms with Crippen LogP contribution in [0.2, 0.25) is 5.02 Å². The van der Waals surface area contributed by atoms with Gasteiger partial charge in [-0.2, -0.15) is 4.98 Å². The molecular formula is C21H20ClFN4O2. The van der Waals surface area contributed by atoms with Crippen LogP contribution in [-0.4, -0.2) is 34.0 Å². The number of halogens is 2. The molecule has 1 fully saturated rings. The number of nitrogens with one attached hydrogen (secondary N) is 1. The summed E-state index contributed by atoms with van der Waals surface area (Å²) in [4.78, 5) is 19.1. The Bertz CT molecular complexity index is 984. The number of hydrogen-bond donors (Lipinski definition) is 1. The number of rotatable bonds is 5. The van der Waals surface area contributed by atoms with Crippen LogP contribution in [0.3, 0.4) is 0 Å². The van der Waals surface area contributed by atoms with Crippen molar-refractivity contribution in [1.82, 2.24) is 15.0 Å². The topological polar surface area (TPSA) is 71.3 Å². The van der Waals surface area contributed by atoms with Crippen LogP contribution in [0, 0.1) is 11.7 Å². The number of piperidine rings is 1. The lowest BCUT2D eigenvalue weighted by Crippen LogP contribution is -2.37. The van der Waals surface area contributed by atoms with Crippen LogP contribution in [0.25, 0.3) is 11.4 Å². The lowest BCUT2D eigenvalue weighted by molar-refractivity contribution is -0.121. The van der Waals surface area contributed by atoms with Crippen LogP contribution in [-0.2, 0) is 11.3 Å². The standard InChI is InChI=1S/C21H20ClFN4O2/c22-16-2-1-3-18(12-16)24-21(28)15-8-10-27(11-9-15)13-19-25-20(26-29-19)14-4-6-17(23)7-5-14/h1-7,12,15H,8-11,13H2,(H,24,28).